The van der Waals surface area contributed by atoms with Crippen LogP contribution in [0.2, 0.25) is 0 Å². The van der Waals surface area contributed by atoms with Crippen LogP contribution >= 0.6 is 0 Å². The Morgan fingerprint density at radius 2 is 2.11 bits per heavy atom. The van der Waals surface area contributed by atoms with Crippen LogP contribution in [0.3, 0.4) is 0 Å². The maximum atomic E-state index is 14.2. The van der Waals surface area contributed by atoms with Gasteiger partial charge in [0.2, 0.25) is 0 Å². The van der Waals surface area contributed by atoms with Crippen LogP contribution in [-0.4, -0.2) is 44.2 Å². The second-order valence-electron chi connectivity index (χ2n) is 6.58. The van der Waals surface area contributed by atoms with E-state index in [9.17, 15) is 22.4 Å². The van der Waals surface area contributed by atoms with Gasteiger partial charge in [0, 0.05) is 25.7 Å². The molecule has 1 fully saturated rings. The Bertz CT molecular complexity index is 907. The molecule has 1 aromatic carbocycles. The zero-order chi connectivity index (χ0) is 20.5. The number of alkyl halides is 3. The van der Waals surface area contributed by atoms with Crippen molar-refractivity contribution in [1.29, 1.82) is 0 Å². The lowest BCUT2D eigenvalue weighted by molar-refractivity contribution is -0.140. The number of hydrogen-bond donors (Lipinski definition) is 1. The van der Waals surface area contributed by atoms with Crippen molar-refractivity contribution in [3.05, 3.63) is 40.7 Å². The molecule has 150 valence electrons. The number of amides is 2. The molecule has 11 heteroatoms. The largest absolute Gasteiger partial charge is 0.419 e. The van der Waals surface area contributed by atoms with E-state index >= 15 is 0 Å². The van der Waals surface area contributed by atoms with Crippen LogP contribution < -0.4 is 5.32 Å². The van der Waals surface area contributed by atoms with Crippen LogP contribution in [-0.2, 0) is 13.2 Å². The second-order valence-corrected chi connectivity index (χ2v) is 6.58. The van der Waals surface area contributed by atoms with Crippen LogP contribution in [0.1, 0.15) is 24.5 Å². The van der Waals surface area contributed by atoms with Crippen molar-refractivity contribution in [2.45, 2.75) is 19.5 Å². The third kappa shape index (κ3) is 4.12. The first kappa shape index (κ1) is 19.8. The van der Waals surface area contributed by atoms with E-state index in [0.29, 0.717) is 19.5 Å². The topological polar surface area (TPSA) is 75.9 Å². The lowest BCUT2D eigenvalue weighted by Crippen LogP contribution is -2.42. The highest BCUT2D eigenvalue weighted by atomic mass is 19.4. The first-order chi connectivity index (χ1) is 13.2. The van der Waals surface area contributed by atoms with E-state index in [1.807, 2.05) is 6.92 Å². The highest BCUT2D eigenvalue weighted by Gasteiger charge is 2.34. The molecule has 3 rings (SSSR count). The molecule has 0 aliphatic carbocycles. The molecule has 0 saturated carbocycles. The monoisotopic (exact) mass is 398 g/mol. The lowest BCUT2D eigenvalue weighted by Gasteiger charge is -2.33. The minimum atomic E-state index is -4.75. The van der Waals surface area contributed by atoms with E-state index in [1.165, 1.54) is 22.9 Å². The summed E-state index contributed by atoms with van der Waals surface area (Å²) in [5.41, 5.74) is -0.620. The molecule has 2 aromatic rings. The number of rotatable bonds is 2. The number of tetrazole rings is 1. The van der Waals surface area contributed by atoms with Crippen molar-refractivity contribution in [3.63, 3.8) is 0 Å². The molecule has 0 radical (unpaired) electrons. The normalized spacial score (nSPS) is 19.1. The van der Waals surface area contributed by atoms with Gasteiger partial charge in [-0.1, -0.05) is 35.8 Å². The Labute approximate surface area is 158 Å². The molecule has 2 heterocycles. The minimum Gasteiger partial charge on any atom is -0.324 e. The van der Waals surface area contributed by atoms with Gasteiger partial charge in [0.05, 0.1) is 5.56 Å². The van der Waals surface area contributed by atoms with E-state index in [4.69, 9.17) is 0 Å². The van der Waals surface area contributed by atoms with Gasteiger partial charge >= 0.3 is 12.2 Å². The molecule has 28 heavy (non-hydrogen) atoms. The summed E-state index contributed by atoms with van der Waals surface area (Å²) in [7, 11) is 1.58. The SMILES string of the molecule is CC1CN(C(=O)Nc2nnnn2C)CC/C1=C\c1cccc(C(F)(F)F)c1F. The van der Waals surface area contributed by atoms with Gasteiger partial charge in [-0.3, -0.25) is 5.32 Å². The van der Waals surface area contributed by atoms with E-state index in [2.05, 4.69) is 20.8 Å². The Morgan fingerprint density at radius 3 is 2.71 bits per heavy atom. The highest BCUT2D eigenvalue weighted by Crippen LogP contribution is 2.34. The number of aryl methyl sites for hydroxylation is 1. The highest BCUT2D eigenvalue weighted by molar-refractivity contribution is 5.87. The van der Waals surface area contributed by atoms with Crippen LogP contribution in [0, 0.1) is 11.7 Å². The molecule has 1 unspecified atom stereocenters. The average molecular weight is 398 g/mol. The molecule has 0 bridgehead atoms. The summed E-state index contributed by atoms with van der Waals surface area (Å²) < 4.78 is 54.2. The van der Waals surface area contributed by atoms with E-state index in [0.717, 1.165) is 11.6 Å². The summed E-state index contributed by atoms with van der Waals surface area (Å²) in [5, 5.41) is 13.3. The fourth-order valence-electron chi connectivity index (χ4n) is 3.04. The number of likely N-dealkylation sites (tertiary alicyclic amines) is 1. The summed E-state index contributed by atoms with van der Waals surface area (Å²) in [6.45, 7) is 2.51. The average Bonchev–Trinajstić information content (AvgIpc) is 3.02. The summed E-state index contributed by atoms with van der Waals surface area (Å²) in [6.07, 6.45) is -2.89. The van der Waals surface area contributed by atoms with Gasteiger partial charge in [-0.25, -0.2) is 13.9 Å². The van der Waals surface area contributed by atoms with Crippen molar-refractivity contribution in [2.24, 2.45) is 13.0 Å². The standard InChI is InChI=1S/C17H18F4N6O/c1-10-9-27(16(28)22-15-23-24-25-26(15)2)7-6-11(10)8-12-4-3-5-13(14(12)18)17(19,20)21/h3-5,8,10H,6-7,9H2,1-2H3,(H,22,23,25,28)/b11-8+. The number of piperidine rings is 1. The van der Waals surface area contributed by atoms with Crippen molar-refractivity contribution in [3.8, 4) is 0 Å². The quantitative estimate of drug-likeness (QED) is 0.788. The molecule has 1 aliphatic heterocycles. The molecule has 1 saturated heterocycles. The van der Waals surface area contributed by atoms with Crippen LogP contribution in [0.4, 0.5) is 28.3 Å². The minimum absolute atomic E-state index is 0.111. The number of carbonyl (C=O) groups excluding carboxylic acids is 1. The van der Waals surface area contributed by atoms with Crippen molar-refractivity contribution in [2.75, 3.05) is 18.4 Å². The molecular weight excluding hydrogens is 380 g/mol. The number of nitrogens with one attached hydrogen (secondary N) is 1. The fraction of sp³-hybridized carbons (Fsp3) is 0.412. The fourth-order valence-corrected chi connectivity index (χ4v) is 3.04. The maximum Gasteiger partial charge on any atom is 0.419 e. The van der Waals surface area contributed by atoms with Gasteiger partial charge in [0.15, 0.2) is 0 Å². The van der Waals surface area contributed by atoms with Gasteiger partial charge < -0.3 is 4.90 Å². The van der Waals surface area contributed by atoms with Crippen LogP contribution in [0.5, 0.6) is 0 Å². The number of halogens is 4. The lowest BCUT2D eigenvalue weighted by atomic mass is 9.91. The molecule has 2 amide bonds. The van der Waals surface area contributed by atoms with Crippen molar-refractivity contribution >= 4 is 18.1 Å². The number of anilines is 1. The number of nitrogens with zero attached hydrogens (tertiary/aromatic N) is 5. The van der Waals surface area contributed by atoms with Gasteiger partial charge in [0.1, 0.15) is 5.82 Å². The molecule has 0 spiro atoms. The van der Waals surface area contributed by atoms with E-state index in [-0.39, 0.29) is 23.5 Å². The zero-order valence-corrected chi connectivity index (χ0v) is 15.2. The molecular formula is C17H18F4N6O. The van der Waals surface area contributed by atoms with E-state index in [1.54, 1.807) is 11.9 Å². The maximum absolute atomic E-state index is 14.2. The first-order valence-electron chi connectivity index (χ1n) is 8.51. The smallest absolute Gasteiger partial charge is 0.324 e. The first-order valence-corrected chi connectivity index (χ1v) is 8.51. The van der Waals surface area contributed by atoms with Crippen LogP contribution in [0.25, 0.3) is 6.08 Å². The van der Waals surface area contributed by atoms with Gasteiger partial charge in [-0.05, 0) is 28.8 Å². The second kappa shape index (κ2) is 7.56. The molecule has 1 aliphatic rings. The predicted molar refractivity (Wildman–Crippen MR) is 92.5 cm³/mol. The molecule has 1 aromatic heterocycles. The van der Waals surface area contributed by atoms with Gasteiger partial charge in [-0.15, -0.1) is 0 Å². The van der Waals surface area contributed by atoms with Crippen molar-refractivity contribution < 1.29 is 22.4 Å². The summed E-state index contributed by atoms with van der Waals surface area (Å²) in [6, 6.07) is 2.83. The third-order valence-electron chi connectivity index (χ3n) is 4.60. The summed E-state index contributed by atoms with van der Waals surface area (Å²) >= 11 is 0. The van der Waals surface area contributed by atoms with E-state index < -0.39 is 17.6 Å². The molecule has 1 N–H and O–H groups in total. The Balaban J connectivity index is 1.72. The summed E-state index contributed by atoms with van der Waals surface area (Å²) in [5.74, 6) is -1.24. The number of benzene rings is 1. The predicted octanol–water partition coefficient (Wildman–Crippen LogP) is 3.33. The van der Waals surface area contributed by atoms with Gasteiger partial charge in [0.25, 0.3) is 5.95 Å². The Kier molecular flexibility index (Phi) is 5.34. The third-order valence-corrected chi connectivity index (χ3v) is 4.60. The molecule has 7 nitrogen and oxygen atoms in total. The van der Waals surface area contributed by atoms with Crippen LogP contribution in [0.15, 0.2) is 23.8 Å². The van der Waals surface area contributed by atoms with Gasteiger partial charge in [-0.2, -0.15) is 13.2 Å². The molecule has 1 atom stereocenters. The zero-order valence-electron chi connectivity index (χ0n) is 15.2. The number of hydrogen-bond acceptors (Lipinski definition) is 4. The summed E-state index contributed by atoms with van der Waals surface area (Å²) in [4.78, 5) is 13.9. The Hall–Kier alpha value is -2.98. The number of urea groups is 1. The number of aromatic nitrogens is 4. The number of carbonyl (C=O) groups is 1. The Morgan fingerprint density at radius 1 is 1.36 bits per heavy atom. The van der Waals surface area contributed by atoms with Crippen molar-refractivity contribution in [1.82, 2.24) is 25.1 Å².